The summed E-state index contributed by atoms with van der Waals surface area (Å²) in [5, 5.41) is 16.5. The van der Waals surface area contributed by atoms with Gasteiger partial charge in [0.05, 0.1) is 23.6 Å². The number of carbonyl (C=O) groups excluding carboxylic acids is 1. The molecule has 4 rings (SSSR count). The topological polar surface area (TPSA) is 130 Å². The molecule has 28 heavy (non-hydrogen) atoms. The number of nitrogens with zero attached hydrogens (tertiary/aromatic N) is 4. The Morgan fingerprint density at radius 2 is 2.11 bits per heavy atom. The normalized spacial score (nSPS) is 14.2. The molecule has 140 valence electrons. The Morgan fingerprint density at radius 1 is 1.29 bits per heavy atom. The van der Waals surface area contributed by atoms with Gasteiger partial charge in [-0.3, -0.25) is 9.78 Å². The number of hydrogen-bond acceptors (Lipinski definition) is 7. The predicted octanol–water partition coefficient (Wildman–Crippen LogP) is 2.71. The zero-order valence-electron chi connectivity index (χ0n) is 15.1. The number of nitrogens with one attached hydrogen (secondary N) is 2. The van der Waals surface area contributed by atoms with Crippen LogP contribution in [-0.4, -0.2) is 26.9 Å². The summed E-state index contributed by atoms with van der Waals surface area (Å²) in [5.74, 6) is 0.780. The summed E-state index contributed by atoms with van der Waals surface area (Å²) in [4.78, 5) is 24.7. The van der Waals surface area contributed by atoms with Gasteiger partial charge in [0, 0.05) is 5.39 Å². The van der Waals surface area contributed by atoms with Crippen LogP contribution in [0.3, 0.4) is 0 Å². The zero-order valence-corrected chi connectivity index (χ0v) is 15.1. The predicted molar refractivity (Wildman–Crippen MR) is 106 cm³/mol. The number of nitriles is 1. The average Bonchev–Trinajstić information content (AvgIpc) is 3.52. The second kappa shape index (κ2) is 7.48. The monoisotopic (exact) mass is 373 g/mol. The Kier molecular flexibility index (Phi) is 4.72. The van der Waals surface area contributed by atoms with Crippen LogP contribution in [0.2, 0.25) is 0 Å². The molecule has 4 N–H and O–H groups in total. The Morgan fingerprint density at radius 3 is 2.86 bits per heavy atom. The van der Waals surface area contributed by atoms with Gasteiger partial charge in [-0.25, -0.2) is 9.97 Å². The largest absolute Gasteiger partial charge is 0.368 e. The van der Waals surface area contributed by atoms with E-state index in [1.807, 2.05) is 36.4 Å². The van der Waals surface area contributed by atoms with Crippen molar-refractivity contribution in [2.24, 2.45) is 11.7 Å². The van der Waals surface area contributed by atoms with Crippen molar-refractivity contribution in [3.8, 4) is 6.07 Å². The number of rotatable bonds is 7. The van der Waals surface area contributed by atoms with E-state index in [2.05, 4.69) is 25.6 Å². The summed E-state index contributed by atoms with van der Waals surface area (Å²) in [6.07, 6.45) is 6.02. The molecule has 0 spiro atoms. The summed E-state index contributed by atoms with van der Waals surface area (Å²) in [5.41, 5.74) is 7.22. The van der Waals surface area contributed by atoms with Gasteiger partial charge in [0.15, 0.2) is 11.5 Å². The standard InChI is InChI=1S/C20H19N7O/c21-9-17-20(25-14-8-13-3-1-2-4-15(13)23-10-14)27-18(11-24-17)26-16(19(22)28)7-12-5-6-12/h1-4,8,10-12,16H,5-7H2,(H2,22,28)(H2,25,26,27). The molecule has 1 atom stereocenters. The highest BCUT2D eigenvalue weighted by molar-refractivity contribution is 5.83. The molecule has 1 saturated carbocycles. The molecule has 1 aliphatic rings. The van der Waals surface area contributed by atoms with E-state index < -0.39 is 11.9 Å². The Hall–Kier alpha value is -3.73. The first-order chi connectivity index (χ1) is 13.6. The number of primary amides is 1. The van der Waals surface area contributed by atoms with Crippen LogP contribution in [0.15, 0.2) is 42.7 Å². The molecule has 1 unspecified atom stereocenters. The average molecular weight is 373 g/mol. The first-order valence-electron chi connectivity index (χ1n) is 9.07. The molecule has 0 aliphatic heterocycles. The summed E-state index contributed by atoms with van der Waals surface area (Å²) >= 11 is 0. The molecule has 1 amide bonds. The summed E-state index contributed by atoms with van der Waals surface area (Å²) in [7, 11) is 0. The lowest BCUT2D eigenvalue weighted by Gasteiger charge is -2.16. The Labute approximate surface area is 161 Å². The van der Waals surface area contributed by atoms with Crippen molar-refractivity contribution in [2.75, 3.05) is 10.6 Å². The lowest BCUT2D eigenvalue weighted by molar-refractivity contribution is -0.118. The van der Waals surface area contributed by atoms with Crippen LogP contribution in [-0.2, 0) is 4.79 Å². The zero-order chi connectivity index (χ0) is 19.5. The molecule has 0 radical (unpaired) electrons. The van der Waals surface area contributed by atoms with Crippen molar-refractivity contribution in [1.29, 1.82) is 5.26 Å². The second-order valence-corrected chi connectivity index (χ2v) is 6.88. The number of pyridine rings is 1. The fourth-order valence-corrected chi connectivity index (χ4v) is 3.02. The van der Waals surface area contributed by atoms with Crippen LogP contribution in [0.1, 0.15) is 25.0 Å². The molecular formula is C20H19N7O. The molecule has 8 nitrogen and oxygen atoms in total. The van der Waals surface area contributed by atoms with Crippen molar-refractivity contribution in [2.45, 2.75) is 25.3 Å². The maximum Gasteiger partial charge on any atom is 0.239 e. The van der Waals surface area contributed by atoms with Crippen LogP contribution >= 0.6 is 0 Å². The van der Waals surface area contributed by atoms with Crippen LogP contribution in [0.4, 0.5) is 17.3 Å². The number of anilines is 3. The van der Waals surface area contributed by atoms with Gasteiger partial charge in [0.25, 0.3) is 0 Å². The molecule has 1 aromatic carbocycles. The minimum absolute atomic E-state index is 0.150. The molecular weight excluding hydrogens is 354 g/mol. The number of nitrogens with two attached hydrogens (primary N) is 1. The van der Waals surface area contributed by atoms with Gasteiger partial charge >= 0.3 is 0 Å². The SMILES string of the molecule is N#Cc1ncc(NC(CC2CC2)C(N)=O)nc1Nc1cnc2ccccc2c1. The lowest BCUT2D eigenvalue weighted by Crippen LogP contribution is -2.36. The molecule has 2 aromatic heterocycles. The van der Waals surface area contributed by atoms with E-state index >= 15 is 0 Å². The number of carbonyl (C=O) groups is 1. The van der Waals surface area contributed by atoms with Crippen LogP contribution in [0.25, 0.3) is 10.9 Å². The van der Waals surface area contributed by atoms with Crippen molar-refractivity contribution in [3.63, 3.8) is 0 Å². The molecule has 1 aliphatic carbocycles. The minimum atomic E-state index is -0.509. The smallest absolute Gasteiger partial charge is 0.239 e. The third-order valence-electron chi connectivity index (χ3n) is 4.66. The van der Waals surface area contributed by atoms with E-state index in [0.29, 0.717) is 29.7 Å². The number of para-hydroxylation sites is 1. The second-order valence-electron chi connectivity index (χ2n) is 6.88. The van der Waals surface area contributed by atoms with E-state index in [1.165, 1.54) is 6.20 Å². The van der Waals surface area contributed by atoms with E-state index in [4.69, 9.17) is 5.73 Å². The maximum atomic E-state index is 11.7. The highest BCUT2D eigenvalue weighted by Gasteiger charge is 2.28. The number of fused-ring (bicyclic) bond motifs is 1. The fraction of sp³-hybridized carbons (Fsp3) is 0.250. The van der Waals surface area contributed by atoms with E-state index in [0.717, 1.165) is 23.7 Å². The van der Waals surface area contributed by atoms with Crippen molar-refractivity contribution >= 4 is 34.1 Å². The van der Waals surface area contributed by atoms with Gasteiger partial charge in [0.1, 0.15) is 17.9 Å². The van der Waals surface area contributed by atoms with Crippen LogP contribution < -0.4 is 16.4 Å². The van der Waals surface area contributed by atoms with Crippen LogP contribution in [0.5, 0.6) is 0 Å². The minimum Gasteiger partial charge on any atom is -0.368 e. The van der Waals surface area contributed by atoms with E-state index in [-0.39, 0.29) is 5.69 Å². The Bertz CT molecular complexity index is 1070. The molecule has 0 bridgehead atoms. The van der Waals surface area contributed by atoms with Gasteiger partial charge in [0.2, 0.25) is 5.91 Å². The molecule has 0 saturated heterocycles. The van der Waals surface area contributed by atoms with E-state index in [9.17, 15) is 10.1 Å². The number of hydrogen-bond donors (Lipinski definition) is 3. The quantitative estimate of drug-likeness (QED) is 0.580. The molecule has 8 heteroatoms. The van der Waals surface area contributed by atoms with Crippen molar-refractivity contribution < 1.29 is 4.79 Å². The van der Waals surface area contributed by atoms with Crippen molar-refractivity contribution in [1.82, 2.24) is 15.0 Å². The third-order valence-corrected chi connectivity index (χ3v) is 4.66. The van der Waals surface area contributed by atoms with Gasteiger partial charge in [-0.2, -0.15) is 5.26 Å². The van der Waals surface area contributed by atoms with Crippen molar-refractivity contribution in [3.05, 3.63) is 48.4 Å². The number of benzene rings is 1. The first-order valence-corrected chi connectivity index (χ1v) is 9.07. The van der Waals surface area contributed by atoms with E-state index in [1.54, 1.807) is 6.20 Å². The highest BCUT2D eigenvalue weighted by atomic mass is 16.1. The first kappa shape index (κ1) is 17.7. The summed E-state index contributed by atoms with van der Waals surface area (Å²) in [6, 6.07) is 11.2. The van der Waals surface area contributed by atoms with Gasteiger partial charge in [-0.05, 0) is 24.5 Å². The molecule has 2 heterocycles. The van der Waals surface area contributed by atoms with Gasteiger partial charge < -0.3 is 16.4 Å². The van der Waals surface area contributed by atoms with Gasteiger partial charge in [-0.15, -0.1) is 0 Å². The van der Waals surface area contributed by atoms with Crippen LogP contribution in [0, 0.1) is 17.2 Å². The highest BCUT2D eigenvalue weighted by Crippen LogP contribution is 2.34. The summed E-state index contributed by atoms with van der Waals surface area (Å²) < 4.78 is 0. The Balaban J connectivity index is 1.58. The maximum absolute atomic E-state index is 11.7. The summed E-state index contributed by atoms with van der Waals surface area (Å²) in [6.45, 7) is 0. The fourth-order valence-electron chi connectivity index (χ4n) is 3.02. The lowest BCUT2D eigenvalue weighted by atomic mass is 10.1. The molecule has 3 aromatic rings. The third kappa shape index (κ3) is 3.99. The number of amides is 1. The van der Waals surface area contributed by atoms with Gasteiger partial charge in [-0.1, -0.05) is 31.0 Å². The molecule has 1 fully saturated rings. The number of aromatic nitrogens is 3.